The van der Waals surface area contributed by atoms with Gasteiger partial charge in [-0.15, -0.1) is 0 Å². The molecule has 0 fully saturated rings. The molecule has 0 heterocycles. The molecule has 1 rings (SSSR count). The largest absolute Gasteiger partial charge is 0.344 e. The predicted octanol–water partition coefficient (Wildman–Crippen LogP) is 2.30. The maximum Gasteiger partial charge on any atom is 0.266 e. The number of hydroxylamine groups is 1. The molecule has 0 bridgehead atoms. The first-order valence-electron chi connectivity index (χ1n) is 6.44. The Balaban J connectivity index is 2.53. The average molecular weight is 361 g/mol. The molecule has 21 heavy (non-hydrogen) atoms. The van der Waals surface area contributed by atoms with Crippen LogP contribution in [0.2, 0.25) is 0 Å². The number of carbonyl (C=O) groups excluding carboxylic acids is 2. The highest BCUT2D eigenvalue weighted by molar-refractivity contribution is 9.10. The second-order valence-corrected chi connectivity index (χ2v) is 5.77. The van der Waals surface area contributed by atoms with E-state index in [2.05, 4.69) is 26.7 Å². The van der Waals surface area contributed by atoms with E-state index in [0.29, 0.717) is 10.0 Å². The Morgan fingerprint density at radius 3 is 2.57 bits per heavy atom. The normalized spacial score (nSPS) is 12.1. The van der Waals surface area contributed by atoms with Gasteiger partial charge in [0.1, 0.15) is 18.5 Å². The van der Waals surface area contributed by atoms with Crippen molar-refractivity contribution in [3.8, 4) is 0 Å². The number of benzene rings is 1. The van der Waals surface area contributed by atoms with Gasteiger partial charge in [-0.3, -0.25) is 14.4 Å². The molecule has 2 N–H and O–H groups in total. The molecule has 0 radical (unpaired) electrons. The maximum absolute atomic E-state index is 12.9. The fourth-order valence-corrected chi connectivity index (χ4v) is 2.11. The van der Waals surface area contributed by atoms with E-state index >= 15 is 0 Å². The predicted molar refractivity (Wildman–Crippen MR) is 79.5 cm³/mol. The summed E-state index contributed by atoms with van der Waals surface area (Å²) in [7, 11) is 0. The zero-order valence-electron chi connectivity index (χ0n) is 12.1. The van der Waals surface area contributed by atoms with E-state index in [4.69, 9.17) is 4.84 Å². The third-order valence-corrected chi connectivity index (χ3v) is 3.46. The van der Waals surface area contributed by atoms with E-state index in [9.17, 15) is 14.0 Å². The topological polar surface area (TPSA) is 67.4 Å². The van der Waals surface area contributed by atoms with Gasteiger partial charge in [-0.25, -0.2) is 9.87 Å². The van der Waals surface area contributed by atoms with Crippen LogP contribution < -0.4 is 10.8 Å². The number of nitrogens with one attached hydrogen (secondary N) is 2. The lowest BCUT2D eigenvalue weighted by Gasteiger charge is -2.20. The van der Waals surface area contributed by atoms with E-state index in [1.165, 1.54) is 19.1 Å². The van der Waals surface area contributed by atoms with E-state index in [1.54, 1.807) is 6.07 Å². The summed E-state index contributed by atoms with van der Waals surface area (Å²) in [5.74, 6) is -1.15. The molecule has 1 aromatic rings. The molecule has 0 aliphatic rings. The van der Waals surface area contributed by atoms with Gasteiger partial charge in [-0.05, 0) is 23.6 Å². The van der Waals surface area contributed by atoms with Crippen LogP contribution in [0.25, 0.3) is 0 Å². The highest BCUT2D eigenvalue weighted by atomic mass is 79.9. The summed E-state index contributed by atoms with van der Waals surface area (Å²) >= 11 is 3.21. The summed E-state index contributed by atoms with van der Waals surface area (Å²) in [6.45, 7) is 5.06. The molecular formula is C14H18BrFN2O3. The van der Waals surface area contributed by atoms with Crippen molar-refractivity contribution < 1.29 is 18.8 Å². The van der Waals surface area contributed by atoms with Crippen LogP contribution in [0.3, 0.4) is 0 Å². The smallest absolute Gasteiger partial charge is 0.266 e. The van der Waals surface area contributed by atoms with Crippen LogP contribution >= 0.6 is 15.9 Å². The Kier molecular flexibility index (Phi) is 6.77. The maximum atomic E-state index is 12.9. The van der Waals surface area contributed by atoms with Gasteiger partial charge >= 0.3 is 0 Å². The van der Waals surface area contributed by atoms with Crippen LogP contribution in [-0.4, -0.2) is 17.9 Å². The summed E-state index contributed by atoms with van der Waals surface area (Å²) in [5.41, 5.74) is 2.98. The fraction of sp³-hybridized carbons (Fsp3) is 0.429. The molecule has 0 aliphatic heterocycles. The first kappa shape index (κ1) is 17.6. The Labute approximate surface area is 131 Å². The van der Waals surface area contributed by atoms with Gasteiger partial charge in [0.05, 0.1) is 0 Å². The minimum absolute atomic E-state index is 0.0740. The molecule has 1 aromatic carbocycles. The Hall–Kier alpha value is -1.47. The lowest BCUT2D eigenvalue weighted by atomic mass is 10.0. The molecule has 0 aliphatic carbocycles. The molecule has 0 spiro atoms. The second kappa shape index (κ2) is 8.09. The first-order chi connectivity index (χ1) is 9.81. The quantitative estimate of drug-likeness (QED) is 0.764. The van der Waals surface area contributed by atoms with Crippen molar-refractivity contribution in [3.63, 3.8) is 0 Å². The minimum atomic E-state index is -0.667. The number of rotatable bonds is 6. The summed E-state index contributed by atoms with van der Waals surface area (Å²) in [6.07, 6.45) is 0. The molecule has 2 amide bonds. The van der Waals surface area contributed by atoms with Crippen molar-refractivity contribution >= 4 is 27.7 Å². The molecular weight excluding hydrogens is 343 g/mol. The van der Waals surface area contributed by atoms with Crippen LogP contribution in [0.4, 0.5) is 4.39 Å². The zero-order valence-corrected chi connectivity index (χ0v) is 13.7. The summed E-state index contributed by atoms with van der Waals surface area (Å²) in [4.78, 5) is 28.1. The zero-order chi connectivity index (χ0) is 16.0. The van der Waals surface area contributed by atoms with Gasteiger partial charge in [0.15, 0.2) is 0 Å². The van der Waals surface area contributed by atoms with E-state index in [-0.39, 0.29) is 24.2 Å². The van der Waals surface area contributed by atoms with Gasteiger partial charge in [0.2, 0.25) is 5.91 Å². The SMILES string of the molecule is CC(=O)N[C@@H](C(=O)NOCc1ccc(F)cc1Br)C(C)C. The van der Waals surface area contributed by atoms with Crippen molar-refractivity contribution in [2.75, 3.05) is 0 Å². The third-order valence-electron chi connectivity index (χ3n) is 2.72. The Morgan fingerprint density at radius 2 is 2.05 bits per heavy atom. The average Bonchev–Trinajstić information content (AvgIpc) is 2.37. The van der Waals surface area contributed by atoms with Crippen LogP contribution in [0.1, 0.15) is 26.3 Å². The Morgan fingerprint density at radius 1 is 1.38 bits per heavy atom. The van der Waals surface area contributed by atoms with E-state index in [1.807, 2.05) is 13.8 Å². The fourth-order valence-electron chi connectivity index (χ4n) is 1.64. The molecule has 0 saturated heterocycles. The van der Waals surface area contributed by atoms with Crippen molar-refractivity contribution in [2.45, 2.75) is 33.4 Å². The molecule has 0 aromatic heterocycles. The second-order valence-electron chi connectivity index (χ2n) is 4.91. The molecule has 0 unspecified atom stereocenters. The third kappa shape index (κ3) is 5.81. The van der Waals surface area contributed by atoms with Gasteiger partial charge in [0.25, 0.3) is 5.91 Å². The monoisotopic (exact) mass is 360 g/mol. The summed E-state index contributed by atoms with van der Waals surface area (Å²) in [5, 5.41) is 2.56. The van der Waals surface area contributed by atoms with Crippen molar-refractivity contribution in [3.05, 3.63) is 34.1 Å². The Bertz CT molecular complexity index is 523. The van der Waals surface area contributed by atoms with E-state index < -0.39 is 11.9 Å². The summed E-state index contributed by atoms with van der Waals surface area (Å²) < 4.78 is 13.5. The number of amides is 2. The molecule has 1 atom stereocenters. The first-order valence-corrected chi connectivity index (χ1v) is 7.23. The number of halogens is 2. The highest BCUT2D eigenvalue weighted by Crippen LogP contribution is 2.18. The van der Waals surface area contributed by atoms with Gasteiger partial charge in [0, 0.05) is 11.4 Å². The van der Waals surface area contributed by atoms with Crippen LogP contribution in [-0.2, 0) is 21.0 Å². The number of hydrogen-bond donors (Lipinski definition) is 2. The molecule has 5 nitrogen and oxygen atoms in total. The number of carbonyl (C=O) groups is 2. The lowest BCUT2D eigenvalue weighted by molar-refractivity contribution is -0.140. The van der Waals surface area contributed by atoms with Crippen LogP contribution in [0, 0.1) is 11.7 Å². The molecule has 0 saturated carbocycles. The van der Waals surface area contributed by atoms with Gasteiger partial charge in [-0.2, -0.15) is 0 Å². The van der Waals surface area contributed by atoms with Crippen molar-refractivity contribution in [1.82, 2.24) is 10.8 Å². The summed E-state index contributed by atoms with van der Waals surface area (Å²) in [6, 6.07) is 3.51. The van der Waals surface area contributed by atoms with Gasteiger partial charge < -0.3 is 5.32 Å². The van der Waals surface area contributed by atoms with Crippen LogP contribution in [0.5, 0.6) is 0 Å². The van der Waals surface area contributed by atoms with Crippen molar-refractivity contribution in [1.29, 1.82) is 0 Å². The van der Waals surface area contributed by atoms with E-state index in [0.717, 1.165) is 0 Å². The molecule has 7 heteroatoms. The minimum Gasteiger partial charge on any atom is -0.344 e. The number of hydrogen-bond acceptors (Lipinski definition) is 3. The van der Waals surface area contributed by atoms with Gasteiger partial charge in [-0.1, -0.05) is 35.8 Å². The molecule has 116 valence electrons. The highest BCUT2D eigenvalue weighted by Gasteiger charge is 2.23. The van der Waals surface area contributed by atoms with Crippen LogP contribution in [0.15, 0.2) is 22.7 Å². The lowest BCUT2D eigenvalue weighted by Crippen LogP contribution is -2.49. The van der Waals surface area contributed by atoms with Crippen molar-refractivity contribution in [2.24, 2.45) is 5.92 Å². The standard InChI is InChI=1S/C14H18BrFN2O3/c1-8(2)13(17-9(3)19)14(20)18-21-7-10-4-5-11(16)6-12(10)15/h4-6,8,13H,7H2,1-3H3,(H,17,19)(H,18,20)/t13-/m1/s1.